The fourth-order valence-corrected chi connectivity index (χ4v) is 2.15. The van der Waals surface area contributed by atoms with E-state index in [0.717, 1.165) is 30.7 Å². The van der Waals surface area contributed by atoms with Crippen LogP contribution >= 0.6 is 0 Å². The predicted molar refractivity (Wildman–Crippen MR) is 79.8 cm³/mol. The molecule has 106 valence electrons. The third-order valence-electron chi connectivity index (χ3n) is 3.20. The van der Waals surface area contributed by atoms with E-state index in [1.165, 1.54) is 5.56 Å². The second kappa shape index (κ2) is 7.60. The number of benzene rings is 1. The Hall–Kier alpha value is -1.94. The molecule has 0 aliphatic heterocycles. The van der Waals surface area contributed by atoms with Gasteiger partial charge >= 0.3 is 0 Å². The van der Waals surface area contributed by atoms with Gasteiger partial charge in [0, 0.05) is 24.0 Å². The van der Waals surface area contributed by atoms with Crippen LogP contribution in [-0.4, -0.2) is 23.6 Å². The first-order valence-electron chi connectivity index (χ1n) is 6.94. The number of hydrogen-bond acceptors (Lipinski definition) is 4. The SMILES string of the molecule is CCCNC(Cc1cccc(OC)c1)c1cncnc1. The Morgan fingerprint density at radius 1 is 1.25 bits per heavy atom. The van der Waals surface area contributed by atoms with Gasteiger partial charge < -0.3 is 10.1 Å². The van der Waals surface area contributed by atoms with Crippen molar-refractivity contribution in [2.45, 2.75) is 25.8 Å². The highest BCUT2D eigenvalue weighted by molar-refractivity contribution is 5.30. The normalized spacial score (nSPS) is 12.1. The van der Waals surface area contributed by atoms with E-state index in [1.807, 2.05) is 24.5 Å². The van der Waals surface area contributed by atoms with Crippen molar-refractivity contribution in [1.82, 2.24) is 15.3 Å². The summed E-state index contributed by atoms with van der Waals surface area (Å²) in [5.41, 5.74) is 2.35. The van der Waals surface area contributed by atoms with Crippen LogP contribution in [0.2, 0.25) is 0 Å². The first-order valence-corrected chi connectivity index (χ1v) is 6.94. The first-order chi connectivity index (χ1) is 9.83. The third kappa shape index (κ3) is 4.03. The van der Waals surface area contributed by atoms with Crippen LogP contribution in [0.3, 0.4) is 0 Å². The molecule has 20 heavy (non-hydrogen) atoms. The fourth-order valence-electron chi connectivity index (χ4n) is 2.15. The Bertz CT molecular complexity index is 516. The van der Waals surface area contributed by atoms with E-state index in [-0.39, 0.29) is 6.04 Å². The first kappa shape index (κ1) is 14.5. The molecule has 0 saturated heterocycles. The molecule has 1 aromatic carbocycles. The van der Waals surface area contributed by atoms with E-state index in [1.54, 1.807) is 13.4 Å². The van der Waals surface area contributed by atoms with Crippen molar-refractivity contribution in [2.75, 3.05) is 13.7 Å². The lowest BCUT2D eigenvalue weighted by atomic mass is 10.0. The smallest absolute Gasteiger partial charge is 0.119 e. The van der Waals surface area contributed by atoms with E-state index >= 15 is 0 Å². The van der Waals surface area contributed by atoms with Gasteiger partial charge in [0.1, 0.15) is 12.1 Å². The summed E-state index contributed by atoms with van der Waals surface area (Å²) in [7, 11) is 1.69. The highest BCUT2D eigenvalue weighted by atomic mass is 16.5. The van der Waals surface area contributed by atoms with Gasteiger partial charge in [-0.2, -0.15) is 0 Å². The van der Waals surface area contributed by atoms with Gasteiger partial charge in [-0.15, -0.1) is 0 Å². The minimum atomic E-state index is 0.225. The molecule has 0 saturated carbocycles. The summed E-state index contributed by atoms with van der Waals surface area (Å²) in [6, 6.07) is 8.40. The molecule has 4 heteroatoms. The molecule has 2 aromatic rings. The van der Waals surface area contributed by atoms with Crippen molar-refractivity contribution >= 4 is 0 Å². The molecule has 4 nitrogen and oxygen atoms in total. The van der Waals surface area contributed by atoms with Crippen LogP contribution < -0.4 is 10.1 Å². The lowest BCUT2D eigenvalue weighted by molar-refractivity contribution is 0.413. The zero-order valence-electron chi connectivity index (χ0n) is 12.0. The second-order valence-corrected chi connectivity index (χ2v) is 4.73. The van der Waals surface area contributed by atoms with Gasteiger partial charge in [0.25, 0.3) is 0 Å². The molecule has 0 amide bonds. The maximum Gasteiger partial charge on any atom is 0.119 e. The van der Waals surface area contributed by atoms with Crippen molar-refractivity contribution in [2.24, 2.45) is 0 Å². The molecule has 0 spiro atoms. The average molecular weight is 271 g/mol. The summed E-state index contributed by atoms with van der Waals surface area (Å²) in [5, 5.41) is 3.55. The molecule has 0 bridgehead atoms. The number of methoxy groups -OCH3 is 1. The Kier molecular flexibility index (Phi) is 5.50. The quantitative estimate of drug-likeness (QED) is 0.841. The van der Waals surface area contributed by atoms with Gasteiger partial charge in [0.15, 0.2) is 0 Å². The minimum Gasteiger partial charge on any atom is -0.497 e. The van der Waals surface area contributed by atoms with Crippen molar-refractivity contribution < 1.29 is 4.74 Å². The lowest BCUT2D eigenvalue weighted by Gasteiger charge is -2.18. The highest BCUT2D eigenvalue weighted by Crippen LogP contribution is 2.20. The molecule has 1 heterocycles. The summed E-state index contributed by atoms with van der Waals surface area (Å²) in [4.78, 5) is 8.23. The Labute approximate surface area is 120 Å². The summed E-state index contributed by atoms with van der Waals surface area (Å²) in [6.45, 7) is 3.14. The Morgan fingerprint density at radius 3 is 2.75 bits per heavy atom. The molecule has 1 unspecified atom stereocenters. The zero-order valence-corrected chi connectivity index (χ0v) is 12.0. The third-order valence-corrected chi connectivity index (χ3v) is 3.20. The molecule has 0 aliphatic rings. The molecule has 2 rings (SSSR count). The topological polar surface area (TPSA) is 47.0 Å². The van der Waals surface area contributed by atoms with Gasteiger partial charge in [-0.3, -0.25) is 0 Å². The van der Waals surface area contributed by atoms with E-state index in [2.05, 4.69) is 34.3 Å². The highest BCUT2D eigenvalue weighted by Gasteiger charge is 2.12. The lowest BCUT2D eigenvalue weighted by Crippen LogP contribution is -2.24. The van der Waals surface area contributed by atoms with Gasteiger partial charge in [-0.05, 0) is 37.1 Å². The summed E-state index contributed by atoms with van der Waals surface area (Å²) in [5.74, 6) is 0.890. The van der Waals surface area contributed by atoms with Gasteiger partial charge in [-0.1, -0.05) is 19.1 Å². The Balaban J connectivity index is 2.14. The number of aromatic nitrogens is 2. The molecular formula is C16H21N3O. The van der Waals surface area contributed by atoms with Crippen LogP contribution in [0.5, 0.6) is 5.75 Å². The van der Waals surface area contributed by atoms with E-state index in [0.29, 0.717) is 0 Å². The summed E-state index contributed by atoms with van der Waals surface area (Å²) < 4.78 is 5.28. The fraction of sp³-hybridized carbons (Fsp3) is 0.375. The molecule has 0 fully saturated rings. The van der Waals surface area contributed by atoms with Crippen molar-refractivity contribution in [1.29, 1.82) is 0 Å². The second-order valence-electron chi connectivity index (χ2n) is 4.73. The molecule has 1 aromatic heterocycles. The van der Waals surface area contributed by atoms with Crippen LogP contribution in [0.15, 0.2) is 43.0 Å². The van der Waals surface area contributed by atoms with Crippen molar-refractivity contribution in [3.05, 3.63) is 54.1 Å². The minimum absolute atomic E-state index is 0.225. The van der Waals surface area contributed by atoms with Crippen molar-refractivity contribution in [3.63, 3.8) is 0 Å². The standard InChI is InChI=1S/C16H21N3O/c1-3-7-19-16(14-10-17-12-18-11-14)9-13-5-4-6-15(8-13)20-2/h4-6,8,10-12,16,19H,3,7,9H2,1-2H3. The van der Waals surface area contributed by atoms with Crippen molar-refractivity contribution in [3.8, 4) is 5.75 Å². The summed E-state index contributed by atoms with van der Waals surface area (Å²) >= 11 is 0. The maximum atomic E-state index is 5.28. The van der Waals surface area contributed by atoms with E-state index in [9.17, 15) is 0 Å². The number of ether oxygens (including phenoxy) is 1. The van der Waals surface area contributed by atoms with Gasteiger partial charge in [0.2, 0.25) is 0 Å². The monoisotopic (exact) mass is 271 g/mol. The number of hydrogen-bond donors (Lipinski definition) is 1. The van der Waals surface area contributed by atoms with Crippen LogP contribution in [0.4, 0.5) is 0 Å². The van der Waals surface area contributed by atoms with Crippen LogP contribution in [0, 0.1) is 0 Å². The molecule has 1 atom stereocenters. The maximum absolute atomic E-state index is 5.28. The van der Waals surface area contributed by atoms with Crippen LogP contribution in [0.25, 0.3) is 0 Å². The number of rotatable bonds is 7. The molecule has 0 radical (unpaired) electrons. The Morgan fingerprint density at radius 2 is 2.05 bits per heavy atom. The average Bonchev–Trinajstić information content (AvgIpc) is 2.52. The van der Waals surface area contributed by atoms with E-state index in [4.69, 9.17) is 4.74 Å². The molecule has 0 aliphatic carbocycles. The number of nitrogens with zero attached hydrogens (tertiary/aromatic N) is 2. The predicted octanol–water partition coefficient (Wildman–Crippen LogP) is 2.77. The summed E-state index contributed by atoms with van der Waals surface area (Å²) in [6.07, 6.45) is 7.31. The molecular weight excluding hydrogens is 250 g/mol. The van der Waals surface area contributed by atoms with Gasteiger partial charge in [-0.25, -0.2) is 9.97 Å². The molecule has 1 N–H and O–H groups in total. The number of nitrogens with one attached hydrogen (secondary N) is 1. The van der Waals surface area contributed by atoms with Gasteiger partial charge in [0.05, 0.1) is 7.11 Å². The zero-order chi connectivity index (χ0) is 14.2. The largest absolute Gasteiger partial charge is 0.497 e. The van der Waals surface area contributed by atoms with Crippen LogP contribution in [-0.2, 0) is 6.42 Å². The van der Waals surface area contributed by atoms with E-state index < -0.39 is 0 Å². The van der Waals surface area contributed by atoms with Crippen LogP contribution in [0.1, 0.15) is 30.5 Å².